The molecule has 0 bridgehead atoms. The lowest BCUT2D eigenvalue weighted by Crippen LogP contribution is -1.98. The van der Waals surface area contributed by atoms with Crippen LogP contribution in [0.3, 0.4) is 0 Å². The number of hydrogen-bond acceptors (Lipinski definition) is 7. The Labute approximate surface area is 249 Å². The first-order valence-corrected chi connectivity index (χ1v) is 13.4. The highest BCUT2D eigenvalue weighted by Crippen LogP contribution is 2.43. The Balaban J connectivity index is 1.48. The molecular formula is C34H27ClN2O5. The highest BCUT2D eigenvalue weighted by molar-refractivity contribution is 6.30. The van der Waals surface area contributed by atoms with Crippen LogP contribution in [-0.2, 0) is 6.61 Å². The molecule has 0 saturated heterocycles. The van der Waals surface area contributed by atoms with Crippen LogP contribution in [0, 0.1) is 11.3 Å². The van der Waals surface area contributed by atoms with E-state index in [9.17, 15) is 5.26 Å². The van der Waals surface area contributed by atoms with Crippen molar-refractivity contribution in [1.82, 2.24) is 0 Å². The van der Waals surface area contributed by atoms with Crippen LogP contribution in [0.25, 0.3) is 22.5 Å². The zero-order valence-electron chi connectivity index (χ0n) is 23.3. The zero-order chi connectivity index (χ0) is 29.5. The summed E-state index contributed by atoms with van der Waals surface area (Å²) < 4.78 is 28.4. The second-order valence-electron chi connectivity index (χ2n) is 9.14. The maximum Gasteiger partial charge on any atom is 0.238 e. The SMILES string of the molecule is COc1ccc(-c2oc(N=Cc3ccc(OCc4ccc(Cl)cc4)c(OC)c3)c(C#N)c2-c2ccc(OC)cc2)cc1. The average molecular weight is 579 g/mol. The largest absolute Gasteiger partial charge is 0.497 e. The van der Waals surface area contributed by atoms with E-state index in [4.69, 9.17) is 35.0 Å². The van der Waals surface area contributed by atoms with Gasteiger partial charge in [-0.15, -0.1) is 0 Å². The first kappa shape index (κ1) is 28.3. The predicted octanol–water partition coefficient (Wildman–Crippen LogP) is 8.49. The number of benzene rings is 4. The van der Waals surface area contributed by atoms with Gasteiger partial charge in [0.15, 0.2) is 11.5 Å². The first-order valence-electron chi connectivity index (χ1n) is 13.0. The summed E-state index contributed by atoms with van der Waals surface area (Å²) in [7, 11) is 4.79. The van der Waals surface area contributed by atoms with E-state index in [0.717, 1.165) is 22.3 Å². The highest BCUT2D eigenvalue weighted by Gasteiger charge is 2.23. The number of ether oxygens (including phenoxy) is 4. The summed E-state index contributed by atoms with van der Waals surface area (Å²) in [6.07, 6.45) is 1.63. The van der Waals surface area contributed by atoms with Gasteiger partial charge >= 0.3 is 0 Å². The minimum absolute atomic E-state index is 0.191. The predicted molar refractivity (Wildman–Crippen MR) is 163 cm³/mol. The molecule has 0 aliphatic rings. The Bertz CT molecular complexity index is 1740. The fourth-order valence-electron chi connectivity index (χ4n) is 4.35. The zero-order valence-corrected chi connectivity index (χ0v) is 24.0. The van der Waals surface area contributed by atoms with Crippen molar-refractivity contribution in [2.45, 2.75) is 6.61 Å². The summed E-state index contributed by atoms with van der Waals surface area (Å²) in [5.41, 5.74) is 4.26. The summed E-state index contributed by atoms with van der Waals surface area (Å²) in [4.78, 5) is 4.58. The number of halogens is 1. The Hall–Kier alpha value is -5.19. The minimum Gasteiger partial charge on any atom is -0.497 e. The van der Waals surface area contributed by atoms with Gasteiger partial charge in [-0.2, -0.15) is 5.26 Å². The number of nitrogens with zero attached hydrogens (tertiary/aromatic N) is 2. The van der Waals surface area contributed by atoms with Crippen LogP contribution in [-0.4, -0.2) is 27.5 Å². The number of nitriles is 1. The van der Waals surface area contributed by atoms with Crippen LogP contribution < -0.4 is 18.9 Å². The van der Waals surface area contributed by atoms with Gasteiger partial charge in [0.25, 0.3) is 0 Å². The Morgan fingerprint density at radius 2 is 1.43 bits per heavy atom. The van der Waals surface area contributed by atoms with E-state index in [1.807, 2.05) is 91.0 Å². The average Bonchev–Trinajstić information content (AvgIpc) is 3.42. The van der Waals surface area contributed by atoms with Crippen molar-refractivity contribution < 1.29 is 23.4 Å². The molecule has 0 atom stereocenters. The molecule has 5 rings (SSSR count). The molecule has 210 valence electrons. The van der Waals surface area contributed by atoms with E-state index in [2.05, 4.69) is 11.1 Å². The number of rotatable bonds is 10. The third-order valence-electron chi connectivity index (χ3n) is 6.56. The van der Waals surface area contributed by atoms with E-state index < -0.39 is 0 Å². The Morgan fingerprint density at radius 3 is 2.02 bits per heavy atom. The van der Waals surface area contributed by atoms with E-state index in [1.165, 1.54) is 0 Å². The smallest absolute Gasteiger partial charge is 0.238 e. The molecule has 8 heteroatoms. The maximum atomic E-state index is 10.2. The third kappa shape index (κ3) is 6.25. The molecule has 7 nitrogen and oxygen atoms in total. The molecule has 0 aliphatic carbocycles. The fourth-order valence-corrected chi connectivity index (χ4v) is 4.48. The van der Waals surface area contributed by atoms with E-state index in [-0.39, 0.29) is 5.88 Å². The van der Waals surface area contributed by atoms with Crippen LogP contribution in [0.5, 0.6) is 23.0 Å². The molecule has 0 radical (unpaired) electrons. The normalized spacial score (nSPS) is 10.8. The molecule has 42 heavy (non-hydrogen) atoms. The second kappa shape index (κ2) is 13.0. The molecule has 0 saturated carbocycles. The monoisotopic (exact) mass is 578 g/mol. The fraction of sp³-hybridized carbons (Fsp3) is 0.118. The van der Waals surface area contributed by atoms with Crippen molar-refractivity contribution in [2.24, 2.45) is 4.99 Å². The lowest BCUT2D eigenvalue weighted by molar-refractivity contribution is 0.284. The van der Waals surface area contributed by atoms with E-state index >= 15 is 0 Å². The molecule has 0 spiro atoms. The number of methoxy groups -OCH3 is 3. The van der Waals surface area contributed by atoms with Gasteiger partial charge in [-0.05, 0) is 83.4 Å². The summed E-state index contributed by atoms with van der Waals surface area (Å²) in [6, 6.07) is 30.1. The van der Waals surface area contributed by atoms with E-state index in [0.29, 0.717) is 51.5 Å². The number of furan rings is 1. The lowest BCUT2D eigenvalue weighted by Gasteiger charge is -2.11. The number of hydrogen-bond donors (Lipinski definition) is 0. The van der Waals surface area contributed by atoms with Gasteiger partial charge in [-0.3, -0.25) is 0 Å². The molecule has 1 aromatic heterocycles. The topological polar surface area (TPSA) is 86.2 Å². The van der Waals surface area contributed by atoms with Crippen LogP contribution in [0.2, 0.25) is 5.02 Å². The van der Waals surface area contributed by atoms with Crippen molar-refractivity contribution in [2.75, 3.05) is 21.3 Å². The highest BCUT2D eigenvalue weighted by atomic mass is 35.5. The Kier molecular flexibility index (Phi) is 8.76. The van der Waals surface area contributed by atoms with Gasteiger partial charge in [0.2, 0.25) is 5.88 Å². The summed E-state index contributed by atoms with van der Waals surface area (Å²) in [5.74, 6) is 3.27. The first-order chi connectivity index (χ1) is 20.5. The molecule has 0 fully saturated rings. The van der Waals surface area contributed by atoms with Gasteiger partial charge < -0.3 is 23.4 Å². The van der Waals surface area contributed by atoms with Crippen molar-refractivity contribution in [3.63, 3.8) is 0 Å². The van der Waals surface area contributed by atoms with Crippen LogP contribution in [0.15, 0.2) is 100 Å². The molecule has 0 unspecified atom stereocenters. The Morgan fingerprint density at radius 1 is 0.786 bits per heavy atom. The molecule has 4 aromatic carbocycles. The van der Waals surface area contributed by atoms with Gasteiger partial charge in [0.1, 0.15) is 35.5 Å². The summed E-state index contributed by atoms with van der Waals surface area (Å²) >= 11 is 5.97. The lowest BCUT2D eigenvalue weighted by atomic mass is 9.98. The standard InChI is InChI=1S/C34H27ClN2O5/c1-38-27-13-7-24(8-14-27)32-29(19-36)34(42-33(32)25-9-15-28(39-2)16-10-25)37-20-23-6-17-30(31(18-23)40-3)41-21-22-4-11-26(35)12-5-22/h4-18,20H,21H2,1-3H3. The van der Waals surface area contributed by atoms with Crippen molar-refractivity contribution in [3.8, 4) is 51.5 Å². The van der Waals surface area contributed by atoms with Gasteiger partial charge in [0.05, 0.1) is 21.3 Å². The minimum atomic E-state index is 0.191. The number of aliphatic imine (C=N–C) groups is 1. The quantitative estimate of drug-likeness (QED) is 0.154. The molecule has 1 heterocycles. The molecule has 0 amide bonds. The third-order valence-corrected chi connectivity index (χ3v) is 6.81. The molecule has 0 N–H and O–H groups in total. The summed E-state index contributed by atoms with van der Waals surface area (Å²) in [6.45, 7) is 0.362. The van der Waals surface area contributed by atoms with Gasteiger partial charge in [-0.25, -0.2) is 4.99 Å². The van der Waals surface area contributed by atoms with Crippen LogP contribution in [0.1, 0.15) is 16.7 Å². The second-order valence-corrected chi connectivity index (χ2v) is 9.58. The molecular weight excluding hydrogens is 552 g/mol. The van der Waals surface area contributed by atoms with Crippen LogP contribution >= 0.6 is 11.6 Å². The van der Waals surface area contributed by atoms with E-state index in [1.54, 1.807) is 27.5 Å². The van der Waals surface area contributed by atoms with Crippen LogP contribution in [0.4, 0.5) is 5.88 Å². The van der Waals surface area contributed by atoms with Gasteiger partial charge in [0, 0.05) is 22.4 Å². The molecule has 5 aromatic rings. The van der Waals surface area contributed by atoms with Crippen molar-refractivity contribution in [1.29, 1.82) is 5.26 Å². The molecule has 0 aliphatic heterocycles. The van der Waals surface area contributed by atoms with Gasteiger partial charge in [-0.1, -0.05) is 35.9 Å². The summed E-state index contributed by atoms with van der Waals surface area (Å²) in [5, 5.41) is 10.9. The maximum absolute atomic E-state index is 10.2. The van der Waals surface area contributed by atoms with Crippen molar-refractivity contribution >= 4 is 23.7 Å². The van der Waals surface area contributed by atoms with Crippen molar-refractivity contribution in [3.05, 3.63) is 113 Å².